The van der Waals surface area contributed by atoms with Gasteiger partial charge in [0.1, 0.15) is 11.4 Å². The number of aryl methyl sites for hydroxylation is 2. The van der Waals surface area contributed by atoms with E-state index in [2.05, 4.69) is 287 Å². The predicted molar refractivity (Wildman–Crippen MR) is 542 cm³/mol. The first-order valence-corrected chi connectivity index (χ1v) is 47.1. The normalized spacial score (nSPS) is 16.4. The van der Waals surface area contributed by atoms with Crippen LogP contribution in [0, 0.1) is 31.6 Å². The summed E-state index contributed by atoms with van der Waals surface area (Å²) in [7, 11) is 13.0. The van der Waals surface area contributed by atoms with Crippen LogP contribution in [0.1, 0.15) is 266 Å². The molecule has 3 saturated heterocycles. The van der Waals surface area contributed by atoms with Gasteiger partial charge in [0.05, 0.1) is 44.8 Å². The topological polar surface area (TPSA) is 165 Å². The van der Waals surface area contributed by atoms with Gasteiger partial charge in [-0.2, -0.15) is 54.4 Å². The maximum absolute atomic E-state index is 11.8. The summed E-state index contributed by atoms with van der Waals surface area (Å²) in [6, 6.07) is 62.3. The molecule has 4 aliphatic heterocycles. The van der Waals surface area contributed by atoms with Crippen molar-refractivity contribution < 1.29 is 65.4 Å². The van der Waals surface area contributed by atoms with Crippen LogP contribution in [0.2, 0.25) is 0 Å². The number of nitrogens with one attached hydrogen (secondary N) is 1. The first-order chi connectivity index (χ1) is 60.2. The number of carbonyl (C=O) groups excluding carboxylic acids is 1. The third-order valence-corrected chi connectivity index (χ3v) is 19.1. The molecule has 12 rings (SSSR count). The minimum atomic E-state index is -0.494. The monoisotopic (exact) mass is 1890 g/mol. The Morgan fingerprint density at radius 3 is 1.22 bits per heavy atom. The summed E-state index contributed by atoms with van der Waals surface area (Å²) >= 11 is 0. The van der Waals surface area contributed by atoms with Crippen LogP contribution < -0.4 is 27.2 Å². The summed E-state index contributed by atoms with van der Waals surface area (Å²) in [5.74, 6) is 3.34. The molecule has 23 heteroatoms. The van der Waals surface area contributed by atoms with E-state index in [1.54, 1.807) is 19.2 Å². The molecular weight excluding hydrogens is 1720 g/mol. The molecule has 2 atom stereocenters. The van der Waals surface area contributed by atoms with Gasteiger partial charge in [0.2, 0.25) is 0 Å². The summed E-state index contributed by atoms with van der Waals surface area (Å²) in [6.07, 6.45) is 13.8. The van der Waals surface area contributed by atoms with Gasteiger partial charge in [-0.05, 0) is 307 Å². The van der Waals surface area contributed by atoms with Crippen molar-refractivity contribution in [1.82, 2.24) is 45.7 Å². The molecule has 1 aliphatic carbocycles. The van der Waals surface area contributed by atoms with E-state index >= 15 is 0 Å². The molecule has 1 saturated carbocycles. The summed E-state index contributed by atoms with van der Waals surface area (Å²) < 4.78 is 0. The molecule has 7 aromatic rings. The van der Waals surface area contributed by atoms with E-state index in [-0.39, 0.29) is 79.2 Å². The van der Waals surface area contributed by atoms with Gasteiger partial charge in [0.15, 0.2) is 0 Å². The molecule has 0 amide bonds. The number of benzene rings is 6. The smallest absolute Gasteiger partial charge is 1.00 e. The average molecular weight is 1890 g/mol. The zero-order valence-electron chi connectivity index (χ0n) is 87.8. The fourth-order valence-electron chi connectivity index (χ4n) is 14.8. The van der Waals surface area contributed by atoms with E-state index in [1.807, 2.05) is 168 Å². The van der Waals surface area contributed by atoms with Crippen LogP contribution in [0.25, 0.3) is 5.32 Å². The third kappa shape index (κ3) is 61.9. The van der Waals surface area contributed by atoms with Crippen molar-refractivity contribution in [2.75, 3.05) is 113 Å². The molecule has 131 heavy (non-hydrogen) atoms. The first kappa shape index (κ1) is 123. The van der Waals surface area contributed by atoms with Gasteiger partial charge in [-0.15, -0.1) is 0 Å². The average Bonchev–Trinajstić information content (AvgIpc) is 0.828. The summed E-state index contributed by atoms with van der Waals surface area (Å²) in [5.41, 5.74) is 9.32. The molecule has 6 aromatic carbocycles. The minimum absolute atomic E-state index is 0. The first-order valence-electron chi connectivity index (χ1n) is 47.1. The molecule has 5 heterocycles. The van der Waals surface area contributed by atoms with Crippen molar-refractivity contribution in [3.05, 3.63) is 244 Å². The molecular formula is C108H178BrMgN11O10. The number of piperidine rings is 2. The number of halogens is 1. The van der Waals surface area contributed by atoms with E-state index in [0.29, 0.717) is 5.56 Å². The minimum Gasteiger partial charge on any atom is -1.00 e. The Labute approximate surface area is 823 Å². The third-order valence-electron chi connectivity index (χ3n) is 19.1. The number of aromatic nitrogens is 1. The Kier molecular flexibility index (Phi) is 59.2. The van der Waals surface area contributed by atoms with Gasteiger partial charge in [-0.25, -0.2) is 9.78 Å². The van der Waals surface area contributed by atoms with Crippen LogP contribution in [0.5, 0.6) is 0 Å². The van der Waals surface area contributed by atoms with Crippen LogP contribution in [0.15, 0.2) is 188 Å². The summed E-state index contributed by atoms with van der Waals surface area (Å²) in [6.45, 7) is 65.5. The van der Waals surface area contributed by atoms with Gasteiger partial charge in [0, 0.05) is 112 Å². The van der Waals surface area contributed by atoms with Gasteiger partial charge in [-0.3, -0.25) is 38.8 Å². The van der Waals surface area contributed by atoms with Crippen LogP contribution >= 0.6 is 0 Å². The molecule has 0 spiro atoms. The molecule has 0 bridgehead atoms. The predicted octanol–water partition coefficient (Wildman–Crippen LogP) is 20.4. The fraction of sp³-hybridized carbons (Fsp3) is 0.611. The van der Waals surface area contributed by atoms with Gasteiger partial charge in [-0.1, -0.05) is 189 Å². The van der Waals surface area contributed by atoms with Crippen LogP contribution in [0.3, 0.4) is 0 Å². The standard InChI is InChI=1S/C18H23NO.C16H25NO.C13H21N3O.C13H25NO.C13H19NO.C13H18O3.C12H19NO.C6H15NO.C2H7N.C2H6N.BrH.Mg/c1-18(2,3)20-19(14-16-10-6-4-7-11-16)15-17-12-8-5-9-13-17;1-16(2,3)18-17-11-9-15(10-12-17)13-14-7-5-4-6-8-14;1-13(2,3)17-16-10-8-15(9-11-16)12-6-4-5-7-14-12;2*1-13(2,3)15-14-9-8-11-6-4-5-7-12(11)10-14;1-9-7-6-8-10(2)11(9)12(14)15-16-13(3,4)5;1-12(2,3)14-13(4)10-11-8-6-5-7-9-11;1-6(2,3)8-7(4)5;2*1-3-2;;/h4-13H,14-15H2,1-3H3;4-8,15H,9-13H2,1-3H3;4-7H,8-11H2,1-3H3;11-12H,4-10H2,1-3H3;4-7H,8-10H2,1-3H3;6-8H,1-5H3;5-9H,10H2,1-4H3;1-5H3;3H,1-2H3;1-2H3;1H;/q;;;;;;;;;-1;;+2/p-1. The van der Waals surface area contributed by atoms with Gasteiger partial charge < -0.3 is 32.5 Å². The Balaban J connectivity index is 0.000000745. The van der Waals surface area contributed by atoms with Crippen molar-refractivity contribution in [2.45, 2.75) is 309 Å². The molecule has 4 fully saturated rings. The fourth-order valence-corrected chi connectivity index (χ4v) is 14.8. The second-order valence-corrected chi connectivity index (χ2v) is 42.1. The van der Waals surface area contributed by atoms with Crippen LogP contribution in [-0.2, 0) is 82.7 Å². The van der Waals surface area contributed by atoms with Crippen molar-refractivity contribution in [3.63, 3.8) is 0 Å². The van der Waals surface area contributed by atoms with Crippen molar-refractivity contribution in [3.8, 4) is 0 Å². The van der Waals surface area contributed by atoms with Crippen molar-refractivity contribution in [1.29, 1.82) is 0 Å². The molecule has 1 N–H and O–H groups in total. The van der Waals surface area contributed by atoms with Crippen molar-refractivity contribution in [2.24, 2.45) is 17.8 Å². The van der Waals surface area contributed by atoms with Gasteiger partial charge >= 0.3 is 29.0 Å². The number of piperazine rings is 1. The maximum Gasteiger partial charge on any atom is 2.00 e. The molecule has 734 valence electrons. The number of hydroxylamine groups is 14. The number of pyridine rings is 1. The number of fused-ring (bicyclic) bond motifs is 2. The Morgan fingerprint density at radius 2 is 0.809 bits per heavy atom. The van der Waals surface area contributed by atoms with E-state index in [9.17, 15) is 4.79 Å². The Morgan fingerprint density at radius 1 is 0.420 bits per heavy atom. The van der Waals surface area contributed by atoms with E-state index < -0.39 is 11.6 Å². The number of nitrogens with zero attached hydrogens (tertiary/aromatic N) is 10. The molecule has 2 unspecified atom stereocenters. The number of hydrogen-bond donors (Lipinski definition) is 1. The van der Waals surface area contributed by atoms with E-state index in [1.165, 1.54) is 91.3 Å². The second kappa shape index (κ2) is 62.9. The molecule has 5 aliphatic rings. The Bertz CT molecular complexity index is 3960. The van der Waals surface area contributed by atoms with E-state index in [0.717, 1.165) is 120 Å². The van der Waals surface area contributed by atoms with E-state index in [4.69, 9.17) is 43.6 Å². The molecule has 21 nitrogen and oxygen atoms in total. The largest absolute Gasteiger partial charge is 2.00 e. The summed E-state index contributed by atoms with van der Waals surface area (Å²) in [4.78, 5) is 68.9. The number of carbonyl (C=O) groups is 1. The van der Waals surface area contributed by atoms with Crippen LogP contribution in [0.4, 0.5) is 5.82 Å². The summed E-state index contributed by atoms with van der Waals surface area (Å²) in [5, 5.41) is 20.3. The second-order valence-electron chi connectivity index (χ2n) is 42.1. The number of hydrogen-bond acceptors (Lipinski definition) is 20. The maximum atomic E-state index is 11.8. The van der Waals surface area contributed by atoms with Crippen LogP contribution in [-0.4, -0.2) is 222 Å². The molecule has 0 radical (unpaired) electrons. The molecule has 1 aromatic heterocycles. The quantitative estimate of drug-likeness (QED) is 0.0489. The SMILES string of the molecule is CC(C)(C)ON(Cc1ccccc1)Cc1ccccc1.CC(C)(C)ON1CCC(Cc2ccccc2)CC1.CC(C)(C)ON1CCC2CCCCC2C1.CC(C)(C)ON1CCN(c2ccccn2)CC1.CC(C)(C)ON1CCc2ccccc2C1.CN(C)OC(C)(C)C.CN(Cc1ccccc1)OC(C)(C)C.CNC.C[N-]C.Cc1cccc(C)c1C(=O)OOC(C)(C)C.[Br-].[Mg+2]. The number of anilines is 1. The number of rotatable bonds is 18. The van der Waals surface area contributed by atoms with Gasteiger partial charge in [0.25, 0.3) is 0 Å². The zero-order chi connectivity index (χ0) is 96.7. The zero-order valence-corrected chi connectivity index (χ0v) is 90.8. The van der Waals surface area contributed by atoms with Crippen molar-refractivity contribution >= 4 is 34.8 Å². The Hall–Kier alpha value is -5.69.